The molecule has 3 aromatic rings. The zero-order valence-electron chi connectivity index (χ0n) is 14.5. The van der Waals surface area contributed by atoms with Crippen molar-refractivity contribution in [1.29, 1.82) is 0 Å². The number of imidazole rings is 1. The summed E-state index contributed by atoms with van der Waals surface area (Å²) in [5.41, 5.74) is 3.82. The normalized spacial score (nSPS) is 17.9. The number of rotatable bonds is 5. The molecule has 1 aromatic carbocycles. The van der Waals surface area contributed by atoms with E-state index in [1.165, 1.54) is 0 Å². The van der Waals surface area contributed by atoms with Gasteiger partial charge in [0.2, 0.25) is 0 Å². The molecule has 0 radical (unpaired) electrons. The molecule has 0 fully saturated rings. The molecule has 3 heterocycles. The van der Waals surface area contributed by atoms with E-state index in [0.717, 1.165) is 29.1 Å². The predicted octanol–water partition coefficient (Wildman–Crippen LogP) is 1.96. The monoisotopic (exact) mass is 351 g/mol. The third-order valence-electron chi connectivity index (χ3n) is 4.80. The summed E-state index contributed by atoms with van der Waals surface area (Å²) in [5.74, 6) is 0.453. The van der Waals surface area contributed by atoms with Gasteiger partial charge in [0.15, 0.2) is 5.65 Å². The number of fused-ring (bicyclic) bond motifs is 1. The van der Waals surface area contributed by atoms with Crippen LogP contribution in [0.2, 0.25) is 0 Å². The van der Waals surface area contributed by atoms with Gasteiger partial charge in [-0.2, -0.15) is 10.2 Å². The third kappa shape index (κ3) is 3.01. The summed E-state index contributed by atoms with van der Waals surface area (Å²) < 4.78 is 1.88. The molecule has 26 heavy (non-hydrogen) atoms. The van der Waals surface area contributed by atoms with Crippen LogP contribution in [0.25, 0.3) is 5.65 Å². The van der Waals surface area contributed by atoms with Crippen LogP contribution in [0.1, 0.15) is 35.7 Å². The Morgan fingerprint density at radius 2 is 2.00 bits per heavy atom. The Morgan fingerprint density at radius 1 is 1.19 bits per heavy atom. The van der Waals surface area contributed by atoms with Crippen LogP contribution in [0, 0.1) is 0 Å². The summed E-state index contributed by atoms with van der Waals surface area (Å²) in [6, 6.07) is 11.2. The minimum absolute atomic E-state index is 0.0896. The number of phenolic OH excluding ortho intramolecular Hbond substituents is 1. The maximum Gasteiger partial charge on any atom is 0.153 e. The van der Waals surface area contributed by atoms with Crippen molar-refractivity contribution in [1.82, 2.24) is 19.6 Å². The number of aromatic nitrogens is 3. The van der Waals surface area contributed by atoms with Crippen molar-refractivity contribution in [2.75, 3.05) is 19.7 Å². The Kier molecular flexibility index (Phi) is 4.30. The Bertz CT molecular complexity index is 935. The van der Waals surface area contributed by atoms with Crippen molar-refractivity contribution in [3.8, 4) is 5.75 Å². The van der Waals surface area contributed by atoms with Gasteiger partial charge in [0.1, 0.15) is 5.75 Å². The number of β-amino-alcohol motifs (C(OH)–C–C–N with tert-alkyl or cyclic N) is 1. The molecule has 0 bridgehead atoms. The first-order valence-corrected chi connectivity index (χ1v) is 8.69. The van der Waals surface area contributed by atoms with E-state index in [2.05, 4.69) is 17.0 Å². The number of aliphatic hydroxyl groups excluding tert-OH is 1. The molecule has 2 N–H and O–H groups in total. The third-order valence-corrected chi connectivity index (χ3v) is 4.80. The first kappa shape index (κ1) is 16.5. The Balaban J connectivity index is 1.65. The molecule has 7 nitrogen and oxygen atoms in total. The van der Waals surface area contributed by atoms with E-state index in [9.17, 15) is 5.11 Å². The summed E-state index contributed by atoms with van der Waals surface area (Å²) in [4.78, 5) is 4.47. The molecule has 134 valence electrons. The second-order valence-corrected chi connectivity index (χ2v) is 6.53. The zero-order chi connectivity index (χ0) is 18.1. The predicted molar refractivity (Wildman–Crippen MR) is 98.5 cm³/mol. The molecule has 0 saturated carbocycles. The van der Waals surface area contributed by atoms with Crippen LogP contribution in [0.15, 0.2) is 47.7 Å². The zero-order valence-corrected chi connectivity index (χ0v) is 14.5. The Labute approximate surface area is 151 Å². The van der Waals surface area contributed by atoms with E-state index in [4.69, 9.17) is 10.2 Å². The van der Waals surface area contributed by atoms with Gasteiger partial charge in [-0.15, -0.1) is 0 Å². The van der Waals surface area contributed by atoms with Crippen LogP contribution >= 0.6 is 0 Å². The van der Waals surface area contributed by atoms with Crippen molar-refractivity contribution in [2.45, 2.75) is 18.8 Å². The lowest BCUT2D eigenvalue weighted by molar-refractivity contribution is 0.210. The largest absolute Gasteiger partial charge is 0.508 e. The molecular formula is C19H21N5O2. The van der Waals surface area contributed by atoms with Crippen molar-refractivity contribution in [2.24, 2.45) is 5.10 Å². The van der Waals surface area contributed by atoms with Crippen LogP contribution in [-0.4, -0.2) is 55.7 Å². The number of benzene rings is 1. The van der Waals surface area contributed by atoms with Crippen molar-refractivity contribution >= 4 is 11.9 Å². The lowest BCUT2D eigenvalue weighted by Crippen LogP contribution is -2.21. The van der Waals surface area contributed by atoms with Gasteiger partial charge in [-0.25, -0.2) is 9.50 Å². The van der Waals surface area contributed by atoms with Gasteiger partial charge in [0, 0.05) is 18.7 Å². The number of aromatic hydroxyl groups is 1. The minimum atomic E-state index is 0.0896. The summed E-state index contributed by atoms with van der Waals surface area (Å²) in [7, 11) is 0. The lowest BCUT2D eigenvalue weighted by Gasteiger charge is -2.15. The summed E-state index contributed by atoms with van der Waals surface area (Å²) in [6.07, 6.45) is 3.73. The highest BCUT2D eigenvalue weighted by molar-refractivity contribution is 5.69. The van der Waals surface area contributed by atoms with Gasteiger partial charge in [-0.05, 0) is 29.8 Å². The lowest BCUT2D eigenvalue weighted by atomic mass is 9.98. The van der Waals surface area contributed by atoms with Gasteiger partial charge in [0.25, 0.3) is 0 Å². The van der Waals surface area contributed by atoms with Crippen LogP contribution in [0.5, 0.6) is 5.75 Å². The van der Waals surface area contributed by atoms with Crippen molar-refractivity contribution < 1.29 is 10.2 Å². The Hall–Kier alpha value is -2.93. The molecule has 2 aromatic heterocycles. The van der Waals surface area contributed by atoms with Crippen molar-refractivity contribution in [3.05, 3.63) is 59.5 Å². The summed E-state index contributed by atoms with van der Waals surface area (Å²) >= 11 is 0. The highest BCUT2D eigenvalue weighted by Gasteiger charge is 2.22. The van der Waals surface area contributed by atoms with E-state index in [1.807, 2.05) is 46.2 Å². The van der Waals surface area contributed by atoms with Crippen molar-refractivity contribution in [3.63, 3.8) is 0 Å². The molecule has 0 saturated heterocycles. The van der Waals surface area contributed by atoms with Crippen LogP contribution in [0.4, 0.5) is 0 Å². The fourth-order valence-electron chi connectivity index (χ4n) is 3.26. The molecule has 1 aliphatic heterocycles. The summed E-state index contributed by atoms with van der Waals surface area (Å²) in [5, 5.41) is 29.5. The molecule has 2 atom stereocenters. The first-order valence-electron chi connectivity index (χ1n) is 8.69. The standard InChI is InChI=1S/C19H21N5O2/c1-13(14-2-4-16(26)5-3-14)18-11-20-19-7-6-17(22-24(18)19)15-10-21-23(12-15)8-9-25/h2-7,10-11,13,15,25-26H,8-9,12H2,1H3. The average molecular weight is 351 g/mol. The number of aliphatic hydroxyl groups is 1. The van der Waals surface area contributed by atoms with Crippen LogP contribution < -0.4 is 0 Å². The number of hydrogen-bond donors (Lipinski definition) is 2. The van der Waals surface area contributed by atoms with E-state index in [0.29, 0.717) is 6.54 Å². The fourth-order valence-corrected chi connectivity index (χ4v) is 3.26. The average Bonchev–Trinajstić information content (AvgIpc) is 3.28. The molecule has 0 aliphatic carbocycles. The topological polar surface area (TPSA) is 86.2 Å². The molecule has 2 unspecified atom stereocenters. The minimum Gasteiger partial charge on any atom is -0.508 e. The van der Waals surface area contributed by atoms with Gasteiger partial charge in [-0.1, -0.05) is 19.1 Å². The SMILES string of the molecule is CC(c1ccc(O)cc1)c1cnc2ccc(C3C=NN(CCO)C3)nn12. The number of hydrazone groups is 1. The van der Waals surface area contributed by atoms with E-state index < -0.39 is 0 Å². The number of phenols is 1. The maximum absolute atomic E-state index is 9.50. The van der Waals surface area contributed by atoms with Gasteiger partial charge < -0.3 is 10.2 Å². The first-order chi connectivity index (χ1) is 12.7. The molecule has 7 heteroatoms. The molecular weight excluding hydrogens is 330 g/mol. The number of nitrogens with zero attached hydrogens (tertiary/aromatic N) is 5. The molecule has 0 spiro atoms. The maximum atomic E-state index is 9.50. The van der Waals surface area contributed by atoms with E-state index >= 15 is 0 Å². The van der Waals surface area contributed by atoms with E-state index in [-0.39, 0.29) is 24.2 Å². The highest BCUT2D eigenvalue weighted by atomic mass is 16.3. The quantitative estimate of drug-likeness (QED) is 0.734. The highest BCUT2D eigenvalue weighted by Crippen LogP contribution is 2.27. The van der Waals surface area contributed by atoms with Gasteiger partial charge in [-0.3, -0.25) is 5.01 Å². The van der Waals surface area contributed by atoms with Gasteiger partial charge in [0.05, 0.1) is 36.7 Å². The second kappa shape index (κ2) is 6.76. The second-order valence-electron chi connectivity index (χ2n) is 6.53. The van der Waals surface area contributed by atoms with Crippen LogP contribution in [0.3, 0.4) is 0 Å². The fraction of sp³-hybridized carbons (Fsp3) is 0.316. The van der Waals surface area contributed by atoms with Gasteiger partial charge >= 0.3 is 0 Å². The van der Waals surface area contributed by atoms with Crippen LogP contribution in [-0.2, 0) is 0 Å². The van der Waals surface area contributed by atoms with E-state index in [1.54, 1.807) is 12.1 Å². The molecule has 4 rings (SSSR count). The Morgan fingerprint density at radius 3 is 2.77 bits per heavy atom. The smallest absolute Gasteiger partial charge is 0.153 e. The molecule has 0 amide bonds. The molecule has 1 aliphatic rings. The number of hydrogen-bond acceptors (Lipinski definition) is 6. The summed E-state index contributed by atoms with van der Waals surface area (Å²) in [6.45, 7) is 3.44.